The molecule has 0 aromatic heterocycles. The molecular weight excluding hydrogens is 434 g/mol. The van der Waals surface area contributed by atoms with Crippen molar-refractivity contribution in [2.24, 2.45) is 0 Å². The van der Waals surface area contributed by atoms with Crippen LogP contribution < -0.4 is 4.74 Å². The molecule has 6 nitrogen and oxygen atoms in total. The van der Waals surface area contributed by atoms with Crippen molar-refractivity contribution in [2.45, 2.75) is 50.0 Å². The number of hydrogen-bond donors (Lipinski definition) is 0. The third-order valence-electron chi connectivity index (χ3n) is 5.56. The predicted octanol–water partition coefficient (Wildman–Crippen LogP) is 4.23. The number of esters is 1. The Morgan fingerprint density at radius 2 is 1.48 bits per heavy atom. The molecular formula is C19H18F6N2O4. The molecule has 2 fully saturated rings. The minimum Gasteiger partial charge on any atom is -0.425 e. The van der Waals surface area contributed by atoms with Gasteiger partial charge in [-0.3, -0.25) is 9.69 Å². The van der Waals surface area contributed by atoms with Gasteiger partial charge in [0.25, 0.3) is 5.91 Å². The fourth-order valence-corrected chi connectivity index (χ4v) is 3.95. The zero-order valence-electron chi connectivity index (χ0n) is 16.3. The number of nitrogens with zero attached hydrogens (tertiary/aromatic N) is 2. The summed E-state index contributed by atoms with van der Waals surface area (Å²) >= 11 is 0. The maximum absolute atomic E-state index is 12.9. The lowest BCUT2D eigenvalue weighted by atomic mass is 9.81. The molecule has 1 aromatic rings. The van der Waals surface area contributed by atoms with Crippen molar-refractivity contribution in [3.05, 3.63) is 29.3 Å². The molecule has 170 valence electrons. The average molecular weight is 452 g/mol. The summed E-state index contributed by atoms with van der Waals surface area (Å²) < 4.78 is 82.3. The van der Waals surface area contributed by atoms with Crippen LogP contribution in [0.25, 0.3) is 0 Å². The monoisotopic (exact) mass is 452 g/mol. The van der Waals surface area contributed by atoms with Gasteiger partial charge in [0.05, 0.1) is 11.1 Å². The molecule has 0 atom stereocenters. The number of rotatable bonds is 3. The Hall–Kier alpha value is -2.79. The highest BCUT2D eigenvalue weighted by atomic mass is 19.4. The first-order valence-electron chi connectivity index (χ1n) is 9.36. The zero-order valence-corrected chi connectivity index (χ0v) is 16.3. The van der Waals surface area contributed by atoms with Crippen molar-refractivity contribution < 1.29 is 45.5 Å². The molecule has 1 saturated heterocycles. The van der Waals surface area contributed by atoms with E-state index in [0.717, 1.165) is 6.42 Å². The Kier molecular flexibility index (Phi) is 5.70. The van der Waals surface area contributed by atoms with Crippen LogP contribution >= 0.6 is 0 Å². The van der Waals surface area contributed by atoms with Crippen molar-refractivity contribution in [1.29, 1.82) is 0 Å². The summed E-state index contributed by atoms with van der Waals surface area (Å²) in [6.45, 7) is -0.929. The normalized spacial score (nSPS) is 19.3. The molecule has 1 aromatic carbocycles. The summed E-state index contributed by atoms with van der Waals surface area (Å²) in [5, 5.41) is 0. The Morgan fingerprint density at radius 1 is 0.968 bits per heavy atom. The van der Waals surface area contributed by atoms with E-state index in [9.17, 15) is 40.7 Å². The Morgan fingerprint density at radius 3 is 1.97 bits per heavy atom. The first-order chi connectivity index (χ1) is 14.3. The number of amides is 3. The number of ether oxygens (including phenoxy) is 1. The smallest absolute Gasteiger partial charge is 0.416 e. The molecule has 0 radical (unpaired) electrons. The van der Waals surface area contributed by atoms with E-state index in [0.29, 0.717) is 30.6 Å². The summed E-state index contributed by atoms with van der Waals surface area (Å²) in [7, 11) is 1.42. The van der Waals surface area contributed by atoms with E-state index in [2.05, 4.69) is 4.74 Å². The molecule has 1 spiro atoms. The van der Waals surface area contributed by atoms with Gasteiger partial charge in [-0.25, -0.2) is 9.59 Å². The minimum atomic E-state index is -5.11. The molecule has 2 aliphatic rings. The third kappa shape index (κ3) is 4.33. The van der Waals surface area contributed by atoms with Crippen LogP contribution in [-0.4, -0.2) is 46.8 Å². The Labute approximate surface area is 172 Å². The van der Waals surface area contributed by atoms with E-state index in [4.69, 9.17) is 0 Å². The highest BCUT2D eigenvalue weighted by Gasteiger charge is 2.56. The van der Waals surface area contributed by atoms with Gasteiger partial charge in [-0.1, -0.05) is 19.3 Å². The fourth-order valence-electron chi connectivity index (χ4n) is 3.95. The number of likely N-dealkylation sites (N-methyl/N-ethyl adjacent to an activating group) is 1. The molecule has 1 aliphatic heterocycles. The highest BCUT2D eigenvalue weighted by molar-refractivity contribution is 6.08. The first kappa shape index (κ1) is 22.9. The topological polar surface area (TPSA) is 66.9 Å². The van der Waals surface area contributed by atoms with Gasteiger partial charge in [0.1, 0.15) is 17.8 Å². The summed E-state index contributed by atoms with van der Waals surface area (Å²) in [6.07, 6.45) is -7.13. The molecule has 31 heavy (non-hydrogen) atoms. The molecule has 0 unspecified atom stereocenters. The van der Waals surface area contributed by atoms with Gasteiger partial charge in [-0.2, -0.15) is 26.3 Å². The average Bonchev–Trinajstić information content (AvgIpc) is 2.83. The number of halogens is 6. The quantitative estimate of drug-likeness (QED) is 0.298. The molecule has 0 N–H and O–H groups in total. The predicted molar refractivity (Wildman–Crippen MR) is 92.8 cm³/mol. The van der Waals surface area contributed by atoms with E-state index in [1.807, 2.05) is 0 Å². The van der Waals surface area contributed by atoms with Crippen molar-refractivity contribution in [3.63, 3.8) is 0 Å². The van der Waals surface area contributed by atoms with Gasteiger partial charge in [0.15, 0.2) is 0 Å². The first-order valence-corrected chi connectivity index (χ1v) is 9.36. The number of carbonyl (C=O) groups is 3. The van der Waals surface area contributed by atoms with Crippen molar-refractivity contribution >= 4 is 17.9 Å². The van der Waals surface area contributed by atoms with E-state index >= 15 is 0 Å². The van der Waals surface area contributed by atoms with Crippen LogP contribution in [-0.2, 0) is 21.9 Å². The standard InChI is InChI=1S/C19H18F6N2O4/c1-26-16(30)27(15(29)17(26)5-3-2-4-6-17)10-14(28)31-13-8-11(18(20,21)22)7-12(9-13)19(23,24)25/h7-9H,2-6,10H2,1H3. The largest absolute Gasteiger partial charge is 0.425 e. The Balaban J connectivity index is 1.81. The van der Waals surface area contributed by atoms with Crippen LogP contribution in [0.5, 0.6) is 5.75 Å². The molecule has 0 bridgehead atoms. The van der Waals surface area contributed by atoms with Crippen LogP contribution in [0.15, 0.2) is 18.2 Å². The molecule has 1 heterocycles. The number of urea groups is 1. The second kappa shape index (κ2) is 7.72. The number of imide groups is 1. The van der Waals surface area contributed by atoms with Crippen molar-refractivity contribution in [1.82, 2.24) is 9.80 Å². The van der Waals surface area contributed by atoms with Crippen LogP contribution in [0, 0.1) is 0 Å². The van der Waals surface area contributed by atoms with Crippen LogP contribution in [0.3, 0.4) is 0 Å². The van der Waals surface area contributed by atoms with Crippen molar-refractivity contribution in [2.75, 3.05) is 13.6 Å². The van der Waals surface area contributed by atoms with Gasteiger partial charge in [-0.15, -0.1) is 0 Å². The maximum atomic E-state index is 12.9. The molecule has 1 saturated carbocycles. The number of hydrogen-bond acceptors (Lipinski definition) is 4. The van der Waals surface area contributed by atoms with E-state index in [1.54, 1.807) is 0 Å². The van der Waals surface area contributed by atoms with Crippen LogP contribution in [0.2, 0.25) is 0 Å². The second-order valence-electron chi connectivity index (χ2n) is 7.54. The molecule has 12 heteroatoms. The number of carbonyl (C=O) groups excluding carboxylic acids is 3. The van der Waals surface area contributed by atoms with Gasteiger partial charge in [0.2, 0.25) is 0 Å². The van der Waals surface area contributed by atoms with Gasteiger partial charge < -0.3 is 9.64 Å². The summed E-state index contributed by atoms with van der Waals surface area (Å²) in [5.74, 6) is -2.96. The molecule has 3 amide bonds. The minimum absolute atomic E-state index is 0.105. The third-order valence-corrected chi connectivity index (χ3v) is 5.56. The van der Waals surface area contributed by atoms with Crippen LogP contribution in [0.4, 0.5) is 31.1 Å². The highest BCUT2D eigenvalue weighted by Crippen LogP contribution is 2.40. The zero-order chi connectivity index (χ0) is 23.2. The van der Waals surface area contributed by atoms with Crippen molar-refractivity contribution in [3.8, 4) is 5.75 Å². The van der Waals surface area contributed by atoms with E-state index in [1.165, 1.54) is 11.9 Å². The molecule has 1 aliphatic carbocycles. The van der Waals surface area contributed by atoms with Crippen LogP contribution in [0.1, 0.15) is 43.2 Å². The summed E-state index contributed by atoms with van der Waals surface area (Å²) in [5.41, 5.74) is -4.39. The van der Waals surface area contributed by atoms with Gasteiger partial charge in [-0.05, 0) is 31.0 Å². The number of benzene rings is 1. The lowest BCUT2D eigenvalue weighted by Gasteiger charge is -2.35. The second-order valence-corrected chi connectivity index (χ2v) is 7.54. The lowest BCUT2D eigenvalue weighted by molar-refractivity contribution is -0.145. The van der Waals surface area contributed by atoms with Gasteiger partial charge in [0, 0.05) is 7.05 Å². The van der Waals surface area contributed by atoms with E-state index < -0.39 is 59.2 Å². The molecule has 3 rings (SSSR count). The fraction of sp³-hybridized carbons (Fsp3) is 0.526. The number of alkyl halides is 6. The Bertz CT molecular complexity index is 873. The lowest BCUT2D eigenvalue weighted by Crippen LogP contribution is -2.49. The maximum Gasteiger partial charge on any atom is 0.416 e. The van der Waals surface area contributed by atoms with E-state index in [-0.39, 0.29) is 18.2 Å². The SMILES string of the molecule is CN1C(=O)N(CC(=O)Oc2cc(C(F)(F)F)cc(C(F)(F)F)c2)C(=O)C12CCCCC2. The summed E-state index contributed by atoms with van der Waals surface area (Å²) in [6, 6.07) is -0.388. The summed E-state index contributed by atoms with van der Waals surface area (Å²) in [4.78, 5) is 39.4. The van der Waals surface area contributed by atoms with Gasteiger partial charge >= 0.3 is 24.4 Å².